The van der Waals surface area contributed by atoms with Gasteiger partial charge >= 0.3 is 0 Å². The first-order valence-electron chi connectivity index (χ1n) is 12.9. The molecule has 0 aliphatic rings. The van der Waals surface area contributed by atoms with Crippen molar-refractivity contribution in [2.75, 3.05) is 6.61 Å². The third-order valence-electron chi connectivity index (χ3n) is 5.91. The van der Waals surface area contributed by atoms with Gasteiger partial charge in [-0.25, -0.2) is 5.43 Å². The summed E-state index contributed by atoms with van der Waals surface area (Å²) in [7, 11) is 0. The number of nitrogens with one attached hydrogen (secondary N) is 2. The smallest absolute Gasteiger partial charge is 0.251 e. The predicted molar refractivity (Wildman–Crippen MR) is 160 cm³/mol. The zero-order valence-corrected chi connectivity index (χ0v) is 23.6. The maximum atomic E-state index is 12.8. The standard InChI is InChI=1S/C32H30BrN3O4/c1-2-39-30-19-24(15-18-29(30)40-22-23-13-16-27(33)17-14-23)21-34-36-31(37)20-28(25-9-5-3-6-10-25)35-32(38)26-11-7-4-8-12-26/h3-19,21,28H,2,20,22H2,1H3,(H,35,38)(H,36,37)/b34-21-/t28-/m1/s1. The Morgan fingerprint density at radius 2 is 1.57 bits per heavy atom. The van der Waals surface area contributed by atoms with Crippen molar-refractivity contribution in [1.82, 2.24) is 10.7 Å². The lowest BCUT2D eigenvalue weighted by molar-refractivity contribution is -0.121. The highest BCUT2D eigenvalue weighted by atomic mass is 79.9. The number of rotatable bonds is 12. The van der Waals surface area contributed by atoms with E-state index in [0.29, 0.717) is 30.3 Å². The molecule has 0 fully saturated rings. The molecular formula is C32H30BrN3O4. The highest BCUT2D eigenvalue weighted by Crippen LogP contribution is 2.29. The Hall–Kier alpha value is -4.43. The van der Waals surface area contributed by atoms with Gasteiger partial charge in [0.1, 0.15) is 6.61 Å². The van der Waals surface area contributed by atoms with Crippen LogP contribution in [-0.2, 0) is 11.4 Å². The zero-order valence-electron chi connectivity index (χ0n) is 22.0. The second kappa shape index (κ2) is 14.6. The van der Waals surface area contributed by atoms with E-state index in [1.54, 1.807) is 30.5 Å². The second-order valence-electron chi connectivity index (χ2n) is 8.85. The molecule has 0 unspecified atom stereocenters. The van der Waals surface area contributed by atoms with Crippen molar-refractivity contribution < 1.29 is 19.1 Å². The lowest BCUT2D eigenvalue weighted by Gasteiger charge is -2.18. The van der Waals surface area contributed by atoms with E-state index in [1.165, 1.54) is 0 Å². The first-order valence-corrected chi connectivity index (χ1v) is 13.7. The molecule has 0 aliphatic heterocycles. The fraction of sp³-hybridized carbons (Fsp3) is 0.156. The molecule has 8 heteroatoms. The Bertz CT molecular complexity index is 1430. The largest absolute Gasteiger partial charge is 0.490 e. The number of amides is 2. The van der Waals surface area contributed by atoms with Gasteiger partial charge in [0.25, 0.3) is 5.91 Å². The summed E-state index contributed by atoms with van der Waals surface area (Å²) in [4.78, 5) is 25.5. The van der Waals surface area contributed by atoms with E-state index < -0.39 is 6.04 Å². The third-order valence-corrected chi connectivity index (χ3v) is 6.44. The summed E-state index contributed by atoms with van der Waals surface area (Å²) >= 11 is 3.44. The monoisotopic (exact) mass is 599 g/mol. The number of hydrazone groups is 1. The van der Waals surface area contributed by atoms with Crippen LogP contribution >= 0.6 is 15.9 Å². The molecular weight excluding hydrogens is 570 g/mol. The van der Waals surface area contributed by atoms with Crippen LogP contribution in [-0.4, -0.2) is 24.6 Å². The first kappa shape index (κ1) is 28.6. The molecule has 2 N–H and O–H groups in total. The van der Waals surface area contributed by atoms with Gasteiger partial charge in [0.15, 0.2) is 11.5 Å². The minimum atomic E-state index is -0.518. The number of hydrogen-bond acceptors (Lipinski definition) is 5. The molecule has 0 aromatic heterocycles. The van der Waals surface area contributed by atoms with Gasteiger partial charge in [-0.1, -0.05) is 76.6 Å². The van der Waals surface area contributed by atoms with Crippen molar-refractivity contribution in [3.05, 3.63) is 130 Å². The van der Waals surface area contributed by atoms with Crippen molar-refractivity contribution in [3.63, 3.8) is 0 Å². The molecule has 0 aliphatic carbocycles. The second-order valence-corrected chi connectivity index (χ2v) is 9.77. The van der Waals surface area contributed by atoms with Gasteiger partial charge in [0, 0.05) is 10.0 Å². The summed E-state index contributed by atoms with van der Waals surface area (Å²) in [5.41, 5.74) is 5.68. The Morgan fingerprint density at radius 3 is 2.27 bits per heavy atom. The molecule has 4 rings (SSSR count). The summed E-state index contributed by atoms with van der Waals surface area (Å²) < 4.78 is 12.7. The summed E-state index contributed by atoms with van der Waals surface area (Å²) in [6.45, 7) is 2.78. The van der Waals surface area contributed by atoms with Crippen molar-refractivity contribution in [2.24, 2.45) is 5.10 Å². The molecule has 7 nitrogen and oxygen atoms in total. The Labute approximate surface area is 242 Å². The number of ether oxygens (including phenoxy) is 2. The summed E-state index contributed by atoms with van der Waals surface area (Å²) in [5.74, 6) is 0.614. The summed E-state index contributed by atoms with van der Waals surface area (Å²) in [5, 5.41) is 7.08. The van der Waals surface area contributed by atoms with Gasteiger partial charge in [0.2, 0.25) is 5.91 Å². The van der Waals surface area contributed by atoms with E-state index in [1.807, 2.05) is 85.8 Å². The molecule has 0 heterocycles. The van der Waals surface area contributed by atoms with Crippen LogP contribution in [0.2, 0.25) is 0 Å². The number of carbonyl (C=O) groups excluding carboxylic acids is 2. The highest BCUT2D eigenvalue weighted by molar-refractivity contribution is 9.10. The van der Waals surface area contributed by atoms with Crippen LogP contribution in [0.4, 0.5) is 0 Å². The maximum absolute atomic E-state index is 12.8. The zero-order chi connectivity index (χ0) is 28.2. The summed E-state index contributed by atoms with van der Waals surface area (Å²) in [6.07, 6.45) is 1.56. The number of halogens is 1. The number of benzene rings is 4. The number of carbonyl (C=O) groups is 2. The summed E-state index contributed by atoms with van der Waals surface area (Å²) in [6, 6.07) is 31.1. The van der Waals surface area contributed by atoms with E-state index >= 15 is 0 Å². The van der Waals surface area contributed by atoms with Gasteiger partial charge in [-0.3, -0.25) is 9.59 Å². The average molecular weight is 601 g/mol. The van der Waals surface area contributed by atoms with E-state index in [0.717, 1.165) is 21.2 Å². The third kappa shape index (κ3) is 8.54. The van der Waals surface area contributed by atoms with Gasteiger partial charge in [-0.05, 0) is 66.1 Å². The van der Waals surface area contributed by atoms with Crippen molar-refractivity contribution >= 4 is 34.0 Å². The molecule has 0 bridgehead atoms. The Balaban J connectivity index is 1.38. The van der Waals surface area contributed by atoms with Crippen molar-refractivity contribution in [3.8, 4) is 11.5 Å². The van der Waals surface area contributed by atoms with Crippen LogP contribution in [0.5, 0.6) is 11.5 Å². The minimum Gasteiger partial charge on any atom is -0.490 e. The van der Waals surface area contributed by atoms with Gasteiger partial charge in [-0.2, -0.15) is 5.10 Å². The number of nitrogens with zero attached hydrogens (tertiary/aromatic N) is 1. The van der Waals surface area contributed by atoms with E-state index in [9.17, 15) is 9.59 Å². The molecule has 2 amide bonds. The molecule has 0 saturated heterocycles. The Morgan fingerprint density at radius 1 is 0.875 bits per heavy atom. The fourth-order valence-electron chi connectivity index (χ4n) is 3.91. The topological polar surface area (TPSA) is 89.0 Å². The molecule has 0 saturated carbocycles. The van der Waals surface area contributed by atoms with Crippen molar-refractivity contribution in [2.45, 2.75) is 26.0 Å². The minimum absolute atomic E-state index is 0.0208. The average Bonchev–Trinajstić information content (AvgIpc) is 2.98. The van der Waals surface area contributed by atoms with Gasteiger partial charge in [-0.15, -0.1) is 0 Å². The first-order chi connectivity index (χ1) is 19.5. The quantitative estimate of drug-likeness (QED) is 0.145. The maximum Gasteiger partial charge on any atom is 0.251 e. The SMILES string of the molecule is CCOc1cc(/C=N\NC(=O)C[C@@H](NC(=O)c2ccccc2)c2ccccc2)ccc1OCc1ccc(Br)cc1. The molecule has 0 radical (unpaired) electrons. The lowest BCUT2D eigenvalue weighted by atomic mass is 10.0. The molecule has 4 aromatic carbocycles. The van der Waals surface area contributed by atoms with Crippen LogP contribution in [0.25, 0.3) is 0 Å². The van der Waals surface area contributed by atoms with E-state index in [4.69, 9.17) is 9.47 Å². The Kier molecular flexibility index (Phi) is 10.5. The molecule has 4 aromatic rings. The predicted octanol–water partition coefficient (Wildman–Crippen LogP) is 6.44. The van der Waals surface area contributed by atoms with E-state index in [-0.39, 0.29) is 18.2 Å². The van der Waals surface area contributed by atoms with Crippen LogP contribution < -0.4 is 20.2 Å². The highest BCUT2D eigenvalue weighted by Gasteiger charge is 2.19. The molecule has 0 spiro atoms. The van der Waals surface area contributed by atoms with Crippen LogP contribution in [0.15, 0.2) is 113 Å². The van der Waals surface area contributed by atoms with Gasteiger partial charge in [0.05, 0.1) is 25.3 Å². The van der Waals surface area contributed by atoms with Crippen molar-refractivity contribution in [1.29, 1.82) is 0 Å². The van der Waals surface area contributed by atoms with Gasteiger partial charge < -0.3 is 14.8 Å². The molecule has 204 valence electrons. The van der Waals surface area contributed by atoms with E-state index in [2.05, 4.69) is 31.8 Å². The van der Waals surface area contributed by atoms with Crippen LogP contribution in [0, 0.1) is 0 Å². The lowest BCUT2D eigenvalue weighted by Crippen LogP contribution is -2.32. The number of hydrogen-bond donors (Lipinski definition) is 2. The normalized spacial score (nSPS) is 11.6. The molecule has 1 atom stereocenters. The van der Waals surface area contributed by atoms with Crippen LogP contribution in [0.1, 0.15) is 46.4 Å². The van der Waals surface area contributed by atoms with Crippen LogP contribution in [0.3, 0.4) is 0 Å². The molecule has 40 heavy (non-hydrogen) atoms. The fourth-order valence-corrected chi connectivity index (χ4v) is 4.18.